The Bertz CT molecular complexity index is 1760. The zero-order chi connectivity index (χ0) is 30.4. The van der Waals surface area contributed by atoms with E-state index in [9.17, 15) is 24.3 Å². The molecule has 10 heteroatoms. The Morgan fingerprint density at radius 2 is 1.79 bits per heavy atom. The quantitative estimate of drug-likeness (QED) is 0.254. The number of nitrogens with zero attached hydrogens (tertiary/aromatic N) is 2. The highest BCUT2D eigenvalue weighted by Gasteiger charge is 2.53. The zero-order valence-electron chi connectivity index (χ0n) is 24.0. The number of hydrogen-bond donors (Lipinski definition) is 3. The van der Waals surface area contributed by atoms with Crippen LogP contribution in [0.5, 0.6) is 5.75 Å². The summed E-state index contributed by atoms with van der Waals surface area (Å²) in [6.45, 7) is 3.73. The molecule has 0 unspecified atom stereocenters. The lowest BCUT2D eigenvalue weighted by molar-refractivity contribution is -0.139. The minimum Gasteiger partial charge on any atom is -0.497 e. The van der Waals surface area contributed by atoms with Crippen molar-refractivity contribution < 1.29 is 29.0 Å². The van der Waals surface area contributed by atoms with Crippen molar-refractivity contribution in [1.29, 1.82) is 0 Å². The minimum atomic E-state index is -1.15. The molecule has 3 aromatic carbocycles. The van der Waals surface area contributed by atoms with Crippen molar-refractivity contribution in [2.45, 2.75) is 44.8 Å². The standard InChI is InChI=1S/C33H32N4O6/c1-18(2)15-25(32(40)41)35-30(38)22-12-5-7-14-26(22)37-31(39)27-17-23-21-11-4-6-13-24(21)34-28(23)29(36(27)33(37)42)19-9-8-10-20(16-19)43-3/h4-14,16,18,25,27,29,34H,15,17H2,1-3H3,(H,35,38)(H,40,41)/t25-,27-,29+/m0/s1. The Labute approximate surface area is 248 Å². The average Bonchev–Trinajstić information content (AvgIpc) is 3.49. The number of aromatic nitrogens is 1. The summed E-state index contributed by atoms with van der Waals surface area (Å²) in [5.74, 6) is -1.64. The van der Waals surface area contributed by atoms with Crippen LogP contribution in [0.3, 0.4) is 0 Å². The number of anilines is 1. The Hall–Kier alpha value is -5.12. The highest BCUT2D eigenvalue weighted by Crippen LogP contribution is 2.45. The fraction of sp³-hybridized carbons (Fsp3) is 0.273. The van der Waals surface area contributed by atoms with E-state index in [1.165, 1.54) is 12.1 Å². The molecule has 6 rings (SSSR count). The molecular formula is C33H32N4O6. The van der Waals surface area contributed by atoms with E-state index >= 15 is 0 Å². The van der Waals surface area contributed by atoms with Crippen LogP contribution >= 0.6 is 0 Å². The minimum absolute atomic E-state index is 0.0241. The molecule has 0 spiro atoms. The Morgan fingerprint density at radius 3 is 2.53 bits per heavy atom. The second-order valence-corrected chi connectivity index (χ2v) is 11.3. The maximum atomic E-state index is 14.3. The van der Waals surface area contributed by atoms with Crippen LogP contribution in [-0.4, -0.2) is 58.0 Å². The number of ether oxygens (including phenoxy) is 1. The summed E-state index contributed by atoms with van der Waals surface area (Å²) < 4.78 is 5.48. The van der Waals surface area contributed by atoms with Gasteiger partial charge in [-0.3, -0.25) is 14.5 Å². The molecular weight excluding hydrogens is 548 g/mol. The number of rotatable bonds is 8. The number of amides is 4. The highest BCUT2D eigenvalue weighted by molar-refractivity contribution is 6.24. The summed E-state index contributed by atoms with van der Waals surface area (Å²) in [4.78, 5) is 59.9. The van der Waals surface area contributed by atoms with Crippen molar-refractivity contribution in [3.8, 4) is 5.75 Å². The zero-order valence-corrected chi connectivity index (χ0v) is 24.0. The predicted octanol–water partition coefficient (Wildman–Crippen LogP) is 4.89. The number of carbonyl (C=O) groups excluding carboxylic acids is 3. The first-order chi connectivity index (χ1) is 20.7. The van der Waals surface area contributed by atoms with Crippen LogP contribution in [0.1, 0.15) is 53.5 Å². The van der Waals surface area contributed by atoms with Crippen molar-refractivity contribution in [1.82, 2.24) is 15.2 Å². The molecule has 220 valence electrons. The van der Waals surface area contributed by atoms with E-state index < -0.39 is 41.9 Å². The molecule has 3 N–H and O–H groups in total. The number of H-pyrrole nitrogens is 1. The van der Waals surface area contributed by atoms with Crippen LogP contribution in [-0.2, 0) is 16.0 Å². The molecule has 4 aromatic rings. The number of carboxylic acids is 1. The first-order valence-electron chi connectivity index (χ1n) is 14.2. The van der Waals surface area contributed by atoms with Crippen LogP contribution < -0.4 is 15.0 Å². The number of aromatic amines is 1. The SMILES string of the molecule is COc1cccc([C@@H]2c3[nH]c4ccccc4c3C[C@H]3C(=O)N(c4ccccc4C(=O)N[C@@H](CC(C)C)C(=O)O)C(=O)N23)c1. The molecule has 3 atom stereocenters. The van der Waals surface area contributed by atoms with Crippen molar-refractivity contribution in [3.05, 3.63) is 95.2 Å². The molecule has 3 heterocycles. The number of carbonyl (C=O) groups is 4. The average molecular weight is 581 g/mol. The summed E-state index contributed by atoms with van der Waals surface area (Å²) in [5.41, 5.74) is 3.60. The van der Waals surface area contributed by atoms with E-state index in [1.807, 2.05) is 62.4 Å². The number of methoxy groups -OCH3 is 1. The summed E-state index contributed by atoms with van der Waals surface area (Å²) in [5, 5.41) is 13.2. The lowest BCUT2D eigenvalue weighted by Gasteiger charge is -2.36. The normalized spacial score (nSPS) is 18.5. The lowest BCUT2D eigenvalue weighted by atomic mass is 9.89. The molecule has 0 radical (unpaired) electrons. The second kappa shape index (κ2) is 10.9. The van der Waals surface area contributed by atoms with Gasteiger partial charge >= 0.3 is 12.0 Å². The molecule has 2 aliphatic rings. The van der Waals surface area contributed by atoms with E-state index in [0.717, 1.165) is 32.6 Å². The van der Waals surface area contributed by atoms with Gasteiger partial charge < -0.3 is 20.1 Å². The first kappa shape index (κ1) is 28.0. The number of carboxylic acid groups (broad SMARTS) is 1. The van der Waals surface area contributed by atoms with Crippen molar-refractivity contribution in [3.63, 3.8) is 0 Å². The van der Waals surface area contributed by atoms with Crippen molar-refractivity contribution in [2.24, 2.45) is 5.92 Å². The maximum absolute atomic E-state index is 14.3. The molecule has 1 fully saturated rings. The topological polar surface area (TPSA) is 132 Å². The number of para-hydroxylation sites is 2. The van der Waals surface area contributed by atoms with E-state index in [0.29, 0.717) is 12.2 Å². The molecule has 10 nitrogen and oxygen atoms in total. The van der Waals surface area contributed by atoms with E-state index in [4.69, 9.17) is 4.74 Å². The number of fused-ring (bicyclic) bond motifs is 4. The largest absolute Gasteiger partial charge is 0.497 e. The Morgan fingerprint density at radius 1 is 1.05 bits per heavy atom. The van der Waals surface area contributed by atoms with Gasteiger partial charge in [0.2, 0.25) is 0 Å². The van der Waals surface area contributed by atoms with Gasteiger partial charge in [-0.2, -0.15) is 0 Å². The van der Waals surface area contributed by atoms with Gasteiger partial charge in [-0.1, -0.05) is 56.3 Å². The number of urea groups is 1. The van der Waals surface area contributed by atoms with Gasteiger partial charge in [-0.15, -0.1) is 0 Å². The third-order valence-corrected chi connectivity index (χ3v) is 8.16. The Balaban J connectivity index is 1.43. The molecule has 1 saturated heterocycles. The molecule has 2 aliphatic heterocycles. The number of aliphatic carboxylic acids is 1. The van der Waals surface area contributed by atoms with Crippen LogP contribution in [0, 0.1) is 5.92 Å². The number of imide groups is 1. The van der Waals surface area contributed by atoms with Gasteiger partial charge in [0, 0.05) is 23.0 Å². The molecule has 43 heavy (non-hydrogen) atoms. The summed E-state index contributed by atoms with van der Waals surface area (Å²) in [6, 6.07) is 18.4. The van der Waals surface area contributed by atoms with Crippen LogP contribution in [0.2, 0.25) is 0 Å². The first-order valence-corrected chi connectivity index (χ1v) is 14.2. The predicted molar refractivity (Wildman–Crippen MR) is 160 cm³/mol. The van der Waals surface area contributed by atoms with Gasteiger partial charge in [0.05, 0.1) is 18.4 Å². The van der Waals surface area contributed by atoms with Gasteiger partial charge in [-0.25, -0.2) is 14.5 Å². The van der Waals surface area contributed by atoms with Crippen molar-refractivity contribution in [2.75, 3.05) is 12.0 Å². The monoisotopic (exact) mass is 580 g/mol. The summed E-state index contributed by atoms with van der Waals surface area (Å²) in [7, 11) is 1.57. The molecule has 4 amide bonds. The van der Waals surface area contributed by atoms with E-state index in [2.05, 4.69) is 10.3 Å². The van der Waals surface area contributed by atoms with E-state index in [1.54, 1.807) is 24.1 Å². The summed E-state index contributed by atoms with van der Waals surface area (Å²) >= 11 is 0. The third kappa shape index (κ3) is 4.78. The van der Waals surface area contributed by atoms with Gasteiger partial charge in [-0.05, 0) is 53.8 Å². The van der Waals surface area contributed by atoms with Gasteiger partial charge in [0.15, 0.2) is 0 Å². The maximum Gasteiger partial charge on any atom is 0.332 e. The third-order valence-electron chi connectivity index (χ3n) is 8.16. The van der Waals surface area contributed by atoms with Crippen LogP contribution in [0.15, 0.2) is 72.8 Å². The fourth-order valence-electron chi connectivity index (χ4n) is 6.24. The number of benzene rings is 3. The Kier molecular flexibility index (Phi) is 7.13. The van der Waals surface area contributed by atoms with Gasteiger partial charge in [0.25, 0.3) is 11.8 Å². The van der Waals surface area contributed by atoms with Gasteiger partial charge in [0.1, 0.15) is 23.9 Å². The molecule has 0 saturated carbocycles. The van der Waals surface area contributed by atoms with Crippen molar-refractivity contribution >= 4 is 40.4 Å². The fourth-order valence-corrected chi connectivity index (χ4v) is 6.24. The number of hydrogen-bond acceptors (Lipinski definition) is 5. The van der Waals surface area contributed by atoms with Crippen LogP contribution in [0.25, 0.3) is 10.9 Å². The second-order valence-electron chi connectivity index (χ2n) is 11.3. The summed E-state index contributed by atoms with van der Waals surface area (Å²) in [6.07, 6.45) is 0.527. The van der Waals surface area contributed by atoms with Crippen LogP contribution in [0.4, 0.5) is 10.5 Å². The number of nitrogens with one attached hydrogen (secondary N) is 2. The molecule has 0 aliphatic carbocycles. The molecule has 1 aromatic heterocycles. The highest BCUT2D eigenvalue weighted by atomic mass is 16.5. The van der Waals surface area contributed by atoms with E-state index in [-0.39, 0.29) is 23.6 Å². The smallest absolute Gasteiger partial charge is 0.332 e. The molecule has 0 bridgehead atoms. The lowest BCUT2D eigenvalue weighted by Crippen LogP contribution is -2.44.